The van der Waals surface area contributed by atoms with Crippen molar-refractivity contribution in [3.63, 3.8) is 0 Å². The molecule has 1 aliphatic heterocycles. The molecule has 0 fully saturated rings. The predicted molar refractivity (Wildman–Crippen MR) is 122 cm³/mol. The Bertz CT molecular complexity index is 892. The summed E-state index contributed by atoms with van der Waals surface area (Å²) in [7, 11) is 0. The zero-order valence-corrected chi connectivity index (χ0v) is 19.5. The zero-order chi connectivity index (χ0) is 22.6. The lowest BCUT2D eigenvalue weighted by Crippen LogP contribution is -2.38. The van der Waals surface area contributed by atoms with Crippen molar-refractivity contribution in [1.82, 2.24) is 5.32 Å². The van der Waals surface area contributed by atoms with Crippen molar-refractivity contribution < 1.29 is 19.1 Å². The Morgan fingerprint density at radius 1 is 1.10 bits per heavy atom. The van der Waals surface area contributed by atoms with Crippen LogP contribution >= 0.6 is 0 Å². The maximum atomic E-state index is 13.3. The van der Waals surface area contributed by atoms with Gasteiger partial charge in [0.25, 0.3) is 0 Å². The van der Waals surface area contributed by atoms with Gasteiger partial charge >= 0.3 is 5.97 Å². The fraction of sp³-hybridized carbons (Fsp3) is 0.538. The quantitative estimate of drug-likeness (QED) is 0.445. The molecule has 31 heavy (non-hydrogen) atoms. The fourth-order valence-corrected chi connectivity index (χ4v) is 4.40. The number of benzene rings is 1. The molecule has 1 N–H and O–H groups in total. The molecule has 0 amide bonds. The molecule has 1 aliphatic carbocycles. The van der Waals surface area contributed by atoms with E-state index in [1.54, 1.807) is 0 Å². The Morgan fingerprint density at radius 2 is 1.81 bits per heavy atom. The summed E-state index contributed by atoms with van der Waals surface area (Å²) in [6.07, 6.45) is 3.96. The normalized spacial score (nSPS) is 20.3. The Hall–Kier alpha value is -2.56. The van der Waals surface area contributed by atoms with E-state index in [2.05, 4.69) is 33.0 Å². The minimum absolute atomic E-state index is 0.0985. The second-order valence-electron chi connectivity index (χ2n) is 9.34. The molecule has 5 nitrogen and oxygen atoms in total. The summed E-state index contributed by atoms with van der Waals surface area (Å²) in [5.41, 5.74) is 3.74. The Labute approximate surface area is 185 Å². The smallest absolute Gasteiger partial charge is 0.336 e. The summed E-state index contributed by atoms with van der Waals surface area (Å²) in [4.78, 5) is 26.4. The molecule has 0 bridgehead atoms. The van der Waals surface area contributed by atoms with Crippen LogP contribution in [0.3, 0.4) is 0 Å². The van der Waals surface area contributed by atoms with Gasteiger partial charge in [-0.15, -0.1) is 0 Å². The van der Waals surface area contributed by atoms with Crippen molar-refractivity contribution in [2.24, 2.45) is 5.41 Å². The molecule has 2 aliphatic rings. The number of esters is 1. The summed E-state index contributed by atoms with van der Waals surface area (Å²) in [6.45, 7) is 11.3. The summed E-state index contributed by atoms with van der Waals surface area (Å²) in [5.74, 6) is 0.118. The first kappa shape index (κ1) is 23.1. The number of carbonyl (C=O) groups is 2. The largest absolute Gasteiger partial charge is 0.494 e. The highest BCUT2D eigenvalue weighted by Crippen LogP contribution is 2.46. The van der Waals surface area contributed by atoms with Crippen LogP contribution in [0.2, 0.25) is 0 Å². The highest BCUT2D eigenvalue weighted by atomic mass is 16.5. The van der Waals surface area contributed by atoms with Crippen LogP contribution in [-0.2, 0) is 14.3 Å². The highest BCUT2D eigenvalue weighted by molar-refractivity contribution is 6.04. The number of Topliss-reactive ketones (excluding diaryl/α,β-unsaturated/α-hetero) is 1. The third kappa shape index (κ3) is 5.20. The number of hydrogen-bond donors (Lipinski definition) is 1. The third-order valence-corrected chi connectivity index (χ3v) is 5.88. The molecule has 0 spiro atoms. The van der Waals surface area contributed by atoms with E-state index in [1.807, 2.05) is 31.2 Å². The SMILES string of the molecule is CCCCOC(=O)C1=C(C)NC2=C(C(=O)CC(C)(C)C2)C1c1ccc(OCCC)cc1. The molecule has 0 saturated heterocycles. The van der Waals surface area contributed by atoms with Gasteiger partial charge in [0.05, 0.1) is 18.8 Å². The molecule has 3 rings (SSSR count). The van der Waals surface area contributed by atoms with Crippen LogP contribution in [0.5, 0.6) is 5.75 Å². The van der Waals surface area contributed by atoms with Crippen LogP contribution in [0.4, 0.5) is 0 Å². The lowest BCUT2D eigenvalue weighted by atomic mass is 9.68. The van der Waals surface area contributed by atoms with Crippen LogP contribution in [0.1, 0.15) is 78.2 Å². The van der Waals surface area contributed by atoms with E-state index in [-0.39, 0.29) is 17.2 Å². The fourth-order valence-electron chi connectivity index (χ4n) is 4.40. The first-order chi connectivity index (χ1) is 14.8. The standard InChI is InChI=1S/C26H35NO4/c1-6-8-14-31-25(29)22-17(3)27-20-15-26(4,5)16-21(28)24(20)23(22)18-9-11-19(12-10-18)30-13-7-2/h9-12,23,27H,6-8,13-16H2,1-5H3. The summed E-state index contributed by atoms with van der Waals surface area (Å²) in [6, 6.07) is 7.76. The molecular weight excluding hydrogens is 390 g/mol. The van der Waals surface area contributed by atoms with Crippen LogP contribution in [0, 0.1) is 5.41 Å². The van der Waals surface area contributed by atoms with Crippen molar-refractivity contribution >= 4 is 11.8 Å². The molecule has 0 aromatic heterocycles. The predicted octanol–water partition coefficient (Wildman–Crippen LogP) is 5.42. The van der Waals surface area contributed by atoms with E-state index >= 15 is 0 Å². The van der Waals surface area contributed by atoms with Crippen LogP contribution in [0.25, 0.3) is 0 Å². The van der Waals surface area contributed by atoms with Crippen LogP contribution < -0.4 is 10.1 Å². The molecule has 168 valence electrons. The van der Waals surface area contributed by atoms with E-state index in [0.29, 0.717) is 30.8 Å². The van der Waals surface area contributed by atoms with Crippen molar-refractivity contribution in [2.45, 2.75) is 72.6 Å². The Kier molecular flexibility index (Phi) is 7.24. The van der Waals surface area contributed by atoms with Crippen molar-refractivity contribution in [3.8, 4) is 5.75 Å². The molecule has 1 heterocycles. The minimum Gasteiger partial charge on any atom is -0.494 e. The maximum Gasteiger partial charge on any atom is 0.336 e. The van der Waals surface area contributed by atoms with E-state index in [1.165, 1.54) is 0 Å². The first-order valence-electron chi connectivity index (χ1n) is 11.4. The molecule has 1 atom stereocenters. The number of unbranched alkanes of at least 4 members (excludes halogenated alkanes) is 1. The number of allylic oxidation sites excluding steroid dienone is 3. The summed E-state index contributed by atoms with van der Waals surface area (Å²) < 4.78 is 11.3. The number of hydrogen-bond acceptors (Lipinski definition) is 5. The maximum absolute atomic E-state index is 13.3. The molecule has 0 radical (unpaired) electrons. The van der Waals surface area contributed by atoms with Gasteiger partial charge in [0.15, 0.2) is 5.78 Å². The molecule has 1 aromatic rings. The van der Waals surface area contributed by atoms with Crippen molar-refractivity contribution in [1.29, 1.82) is 0 Å². The van der Waals surface area contributed by atoms with Gasteiger partial charge in [-0.1, -0.05) is 46.2 Å². The lowest BCUT2D eigenvalue weighted by Gasteiger charge is -2.39. The number of carbonyl (C=O) groups excluding carboxylic acids is 2. The number of nitrogens with one attached hydrogen (secondary N) is 1. The van der Waals surface area contributed by atoms with Gasteiger partial charge in [0.2, 0.25) is 0 Å². The molecule has 0 saturated carbocycles. The molecule has 1 aromatic carbocycles. The Morgan fingerprint density at radius 3 is 2.45 bits per heavy atom. The molecule has 1 unspecified atom stereocenters. The van der Waals surface area contributed by atoms with E-state index in [4.69, 9.17) is 9.47 Å². The van der Waals surface area contributed by atoms with Crippen LogP contribution in [-0.4, -0.2) is 25.0 Å². The lowest BCUT2D eigenvalue weighted by molar-refractivity contribution is -0.139. The van der Waals surface area contributed by atoms with Gasteiger partial charge in [-0.25, -0.2) is 4.79 Å². The summed E-state index contributed by atoms with van der Waals surface area (Å²) in [5, 5.41) is 3.38. The highest BCUT2D eigenvalue weighted by Gasteiger charge is 2.43. The van der Waals surface area contributed by atoms with Gasteiger partial charge in [0, 0.05) is 29.3 Å². The minimum atomic E-state index is -0.422. The second kappa shape index (κ2) is 9.71. The van der Waals surface area contributed by atoms with E-state index in [0.717, 1.165) is 48.4 Å². The van der Waals surface area contributed by atoms with E-state index in [9.17, 15) is 9.59 Å². The third-order valence-electron chi connectivity index (χ3n) is 5.88. The van der Waals surface area contributed by atoms with Crippen molar-refractivity contribution in [2.75, 3.05) is 13.2 Å². The zero-order valence-electron chi connectivity index (χ0n) is 19.5. The number of rotatable bonds is 8. The second-order valence-corrected chi connectivity index (χ2v) is 9.34. The van der Waals surface area contributed by atoms with Gasteiger partial charge < -0.3 is 14.8 Å². The first-order valence-corrected chi connectivity index (χ1v) is 11.4. The topological polar surface area (TPSA) is 64.6 Å². The monoisotopic (exact) mass is 425 g/mol. The van der Waals surface area contributed by atoms with Crippen LogP contribution in [0.15, 0.2) is 46.8 Å². The average molecular weight is 426 g/mol. The summed E-state index contributed by atoms with van der Waals surface area (Å²) >= 11 is 0. The number of dihydropyridines is 1. The average Bonchev–Trinajstić information content (AvgIpc) is 2.70. The van der Waals surface area contributed by atoms with Crippen molar-refractivity contribution in [3.05, 3.63) is 52.4 Å². The van der Waals surface area contributed by atoms with E-state index < -0.39 is 5.92 Å². The number of ketones is 1. The molecule has 5 heteroatoms. The Balaban J connectivity index is 2.02. The molecular formula is C26H35NO4. The van der Waals surface area contributed by atoms with Gasteiger partial charge in [0.1, 0.15) is 5.75 Å². The van der Waals surface area contributed by atoms with Gasteiger partial charge in [-0.3, -0.25) is 4.79 Å². The van der Waals surface area contributed by atoms with Gasteiger partial charge in [-0.05, 0) is 49.3 Å². The van der Waals surface area contributed by atoms with Gasteiger partial charge in [-0.2, -0.15) is 0 Å². The number of ether oxygens (including phenoxy) is 2.